The summed E-state index contributed by atoms with van der Waals surface area (Å²) in [4.78, 5) is 0. The Morgan fingerprint density at radius 1 is 1.00 bits per heavy atom. The Balaban J connectivity index is 0. The van der Waals surface area contributed by atoms with Crippen molar-refractivity contribution in [2.75, 3.05) is 0 Å². The number of rotatable bonds is 0. The average Bonchev–Trinajstić information content (AvgIpc) is 0. The molecule has 0 rings (SSSR count). The Bertz CT molecular complexity index is 8.00. The Hall–Kier alpha value is 1.67. The van der Waals surface area contributed by atoms with Gasteiger partial charge in [0, 0.05) is 42.3 Å². The summed E-state index contributed by atoms with van der Waals surface area (Å²) in [5.41, 5.74) is 0. The van der Waals surface area contributed by atoms with Crippen LogP contribution in [-0.2, 0) is 0 Å². The van der Waals surface area contributed by atoms with E-state index in [1.54, 1.807) is 0 Å². The van der Waals surface area contributed by atoms with Gasteiger partial charge in [-0.3, -0.25) is 0 Å². The summed E-state index contributed by atoms with van der Waals surface area (Å²) in [5.74, 6) is 0. The first-order chi connectivity index (χ1) is 0. The van der Waals surface area contributed by atoms with E-state index in [0.29, 0.717) is 0 Å². The fraction of sp³-hybridized carbons (Fsp3) is 0. The zero-order valence-corrected chi connectivity index (χ0v) is 4.79. The summed E-state index contributed by atoms with van der Waals surface area (Å²) in [6.07, 6.45) is 0. The molecule has 0 nitrogen and oxygen atoms in total. The molecule has 0 N–H and O–H groups in total. The van der Waals surface area contributed by atoms with Gasteiger partial charge in [-0.2, -0.15) is 0 Å². The molecule has 0 aromatic heterocycles. The van der Waals surface area contributed by atoms with E-state index in [-0.39, 0.29) is 54.7 Å². The van der Waals surface area contributed by atoms with Crippen LogP contribution in [0.3, 0.4) is 0 Å². The second-order valence-corrected chi connectivity index (χ2v) is 0. The third kappa shape index (κ3) is 9.39. The smallest absolute Gasteiger partial charge is 0 e. The van der Waals surface area contributed by atoms with Crippen molar-refractivity contribution in [2.24, 2.45) is 0 Å². The van der Waals surface area contributed by atoms with E-state index in [0.717, 1.165) is 0 Å². The maximum absolute atomic E-state index is 0. The van der Waals surface area contributed by atoms with Crippen LogP contribution in [-0.4, -0.2) is 18.9 Å². The zero-order chi connectivity index (χ0) is 0. The Morgan fingerprint density at radius 3 is 1.00 bits per heavy atom. The molecule has 0 atom stereocenters. The number of hydrogen-bond donors (Lipinski definition) is 0. The largest absolute Gasteiger partial charge is 0.147 e. The first-order valence-electron chi connectivity index (χ1n) is 0. The molecule has 20 valence electrons. The van der Waals surface area contributed by atoms with E-state index in [4.69, 9.17) is 0 Å². The summed E-state index contributed by atoms with van der Waals surface area (Å²) in [6, 6.07) is 0. The topological polar surface area (TPSA) is 0 Å². The fourth-order valence-electron chi connectivity index (χ4n) is 0. The van der Waals surface area contributed by atoms with Gasteiger partial charge in [0.1, 0.15) is 0 Å². The molecule has 0 saturated carbocycles. The van der Waals surface area contributed by atoms with Crippen molar-refractivity contribution in [3.8, 4) is 0 Å². The summed E-state index contributed by atoms with van der Waals surface area (Å²) in [7, 11) is 0. The predicted molar refractivity (Wildman–Crippen MR) is 27.5 cm³/mol. The third-order valence-corrected chi connectivity index (χ3v) is 0. The van der Waals surface area contributed by atoms with Crippen molar-refractivity contribution in [1.29, 1.82) is 0 Å². The van der Waals surface area contributed by atoms with Gasteiger partial charge in [-0.05, 0) is 0 Å². The molecular formula is HClLiPS. The van der Waals surface area contributed by atoms with Crippen molar-refractivity contribution in [1.82, 2.24) is 0 Å². The van der Waals surface area contributed by atoms with Crippen molar-refractivity contribution >= 4 is 54.7 Å². The molecule has 0 aliphatic carbocycles. The zero-order valence-electron chi connectivity index (χ0n) is 2.26. The number of halogens is 1. The second-order valence-electron chi connectivity index (χ2n) is 0. The van der Waals surface area contributed by atoms with Gasteiger partial charge in [0.25, 0.3) is 0 Å². The molecule has 4 heteroatoms. The molecule has 6 radical (unpaired) electrons. The van der Waals surface area contributed by atoms with Crippen molar-refractivity contribution in [3.05, 3.63) is 0 Å². The van der Waals surface area contributed by atoms with Crippen LogP contribution >= 0.6 is 35.8 Å². The van der Waals surface area contributed by atoms with Crippen LogP contribution in [0.2, 0.25) is 0 Å². The van der Waals surface area contributed by atoms with Gasteiger partial charge in [0.15, 0.2) is 0 Å². The van der Waals surface area contributed by atoms with Crippen LogP contribution in [0, 0.1) is 0 Å². The molecule has 0 aliphatic rings. The molecule has 0 aromatic rings. The van der Waals surface area contributed by atoms with E-state index in [1.165, 1.54) is 0 Å². The van der Waals surface area contributed by atoms with E-state index in [9.17, 15) is 0 Å². The van der Waals surface area contributed by atoms with Crippen LogP contribution in [0.15, 0.2) is 0 Å². The van der Waals surface area contributed by atoms with Crippen LogP contribution in [0.5, 0.6) is 0 Å². The molecule has 0 spiro atoms. The molecule has 0 amide bonds. The van der Waals surface area contributed by atoms with Crippen molar-refractivity contribution < 1.29 is 0 Å². The molecule has 0 unspecified atom stereocenters. The second kappa shape index (κ2) is 22.6. The van der Waals surface area contributed by atoms with E-state index in [1.807, 2.05) is 0 Å². The van der Waals surface area contributed by atoms with Gasteiger partial charge >= 0.3 is 0 Å². The normalized spacial score (nSPS) is 0. The van der Waals surface area contributed by atoms with Gasteiger partial charge in [-0.1, -0.05) is 0 Å². The number of hydrogen-bond acceptors (Lipinski definition) is 0. The minimum Gasteiger partial charge on any atom is -0.147 e. The van der Waals surface area contributed by atoms with E-state index >= 15 is 0 Å². The molecular weight excluding hydrogens is 105 g/mol. The maximum atomic E-state index is 0. The Labute approximate surface area is 54.8 Å². The van der Waals surface area contributed by atoms with Crippen molar-refractivity contribution in [3.63, 3.8) is 0 Å². The predicted octanol–water partition coefficient (Wildman–Crippen LogP) is 1.55. The van der Waals surface area contributed by atoms with Crippen LogP contribution in [0.4, 0.5) is 0 Å². The van der Waals surface area contributed by atoms with Crippen molar-refractivity contribution in [2.45, 2.75) is 0 Å². The minimum atomic E-state index is 0. The summed E-state index contributed by atoms with van der Waals surface area (Å²) < 4.78 is 0. The maximum Gasteiger partial charge on any atom is 0 e. The first kappa shape index (κ1) is 44.4. The molecule has 0 aliphatic heterocycles. The molecule has 0 bridgehead atoms. The van der Waals surface area contributed by atoms with Gasteiger partial charge in [-0.25, -0.2) is 0 Å². The van der Waals surface area contributed by atoms with Crippen LogP contribution in [0.25, 0.3) is 0 Å². The van der Waals surface area contributed by atoms with Gasteiger partial charge in [0.2, 0.25) is 0 Å². The molecule has 0 heterocycles. The molecule has 0 fully saturated rings. The summed E-state index contributed by atoms with van der Waals surface area (Å²) in [6.45, 7) is 0. The van der Waals surface area contributed by atoms with Gasteiger partial charge in [-0.15, -0.1) is 12.4 Å². The molecule has 0 saturated heterocycles. The Morgan fingerprint density at radius 2 is 1.00 bits per heavy atom. The molecule has 4 heavy (non-hydrogen) atoms. The summed E-state index contributed by atoms with van der Waals surface area (Å²) >= 11 is 0. The fourth-order valence-corrected chi connectivity index (χ4v) is 0. The first-order valence-corrected chi connectivity index (χ1v) is 0. The SMILES string of the molecule is Cl.[Li].[P].[S]. The van der Waals surface area contributed by atoms with Gasteiger partial charge < -0.3 is 0 Å². The Kier molecular flexibility index (Phi) is 251. The third-order valence-electron chi connectivity index (χ3n) is 0. The van der Waals surface area contributed by atoms with E-state index < -0.39 is 0 Å². The monoisotopic (exact) mass is 106 g/mol. The molecule has 0 aromatic carbocycles. The summed E-state index contributed by atoms with van der Waals surface area (Å²) in [5, 5.41) is 0. The van der Waals surface area contributed by atoms with Gasteiger partial charge in [0.05, 0.1) is 0 Å². The quantitative estimate of drug-likeness (QED) is 0.325. The van der Waals surface area contributed by atoms with E-state index in [2.05, 4.69) is 0 Å². The average molecular weight is 106 g/mol. The standard InChI is InChI=1S/ClH.Li.P.S/h1H;;;. The minimum absolute atomic E-state index is 0. The van der Waals surface area contributed by atoms with Crippen LogP contribution < -0.4 is 0 Å². The van der Waals surface area contributed by atoms with Crippen LogP contribution in [0.1, 0.15) is 0 Å².